The summed E-state index contributed by atoms with van der Waals surface area (Å²) in [6.07, 6.45) is 0. The Balaban J connectivity index is 2.75. The highest BCUT2D eigenvalue weighted by Gasteiger charge is 2.25. The highest BCUT2D eigenvalue weighted by molar-refractivity contribution is 5.67. The van der Waals surface area contributed by atoms with Crippen molar-refractivity contribution in [1.82, 2.24) is 0 Å². The van der Waals surface area contributed by atoms with E-state index in [-0.39, 0.29) is 11.3 Å². The van der Waals surface area contributed by atoms with Gasteiger partial charge in [-0.1, -0.05) is 12.1 Å². The molecule has 2 aromatic rings. The molecular weight excluding hydrogens is 252 g/mol. The fourth-order valence-electron chi connectivity index (χ4n) is 1.50. The van der Waals surface area contributed by atoms with E-state index in [0.29, 0.717) is 0 Å². The number of aromatic hydroxyl groups is 2. The fourth-order valence-corrected chi connectivity index (χ4v) is 1.50. The van der Waals surface area contributed by atoms with Crippen LogP contribution in [0.25, 0.3) is 11.1 Å². The SMILES string of the molecule is Oc1ccc(-c2c(F)c(F)c(O)c(F)c2F)cc1. The number of benzene rings is 2. The predicted molar refractivity (Wildman–Crippen MR) is 55.0 cm³/mol. The molecule has 0 aliphatic rings. The van der Waals surface area contributed by atoms with Gasteiger partial charge in [0.25, 0.3) is 0 Å². The van der Waals surface area contributed by atoms with Gasteiger partial charge in [-0.2, -0.15) is 8.78 Å². The van der Waals surface area contributed by atoms with Crippen molar-refractivity contribution in [2.45, 2.75) is 0 Å². The Labute approximate surface area is 98.7 Å². The first kappa shape index (κ1) is 12.2. The van der Waals surface area contributed by atoms with Crippen LogP contribution in [0.3, 0.4) is 0 Å². The lowest BCUT2D eigenvalue weighted by atomic mass is 10.0. The van der Waals surface area contributed by atoms with Gasteiger partial charge in [0.05, 0.1) is 5.56 Å². The lowest BCUT2D eigenvalue weighted by molar-refractivity contribution is 0.358. The average Bonchev–Trinajstić information content (AvgIpc) is 2.36. The first-order valence-corrected chi connectivity index (χ1v) is 4.77. The second-order valence-corrected chi connectivity index (χ2v) is 3.53. The Kier molecular flexibility index (Phi) is 2.86. The lowest BCUT2D eigenvalue weighted by Crippen LogP contribution is -1.99. The molecule has 0 unspecified atom stereocenters. The van der Waals surface area contributed by atoms with E-state index in [2.05, 4.69) is 0 Å². The van der Waals surface area contributed by atoms with Crippen molar-refractivity contribution in [1.29, 1.82) is 0 Å². The van der Waals surface area contributed by atoms with Gasteiger partial charge in [0.2, 0.25) is 11.6 Å². The molecule has 0 bridgehead atoms. The summed E-state index contributed by atoms with van der Waals surface area (Å²) in [5, 5.41) is 17.8. The van der Waals surface area contributed by atoms with Gasteiger partial charge in [-0.05, 0) is 17.7 Å². The standard InChI is InChI=1S/C12H6F4O2/c13-8-7(5-1-3-6(17)4-2-5)9(14)11(16)12(18)10(8)15/h1-4,17-18H. The van der Waals surface area contributed by atoms with Gasteiger partial charge in [-0.3, -0.25) is 0 Å². The number of halogens is 4. The molecule has 2 rings (SSSR count). The van der Waals surface area contributed by atoms with Crippen LogP contribution in [0.15, 0.2) is 24.3 Å². The highest BCUT2D eigenvalue weighted by Crippen LogP contribution is 2.35. The summed E-state index contributed by atoms with van der Waals surface area (Å²) in [6.45, 7) is 0. The van der Waals surface area contributed by atoms with E-state index in [0.717, 1.165) is 24.3 Å². The van der Waals surface area contributed by atoms with E-state index in [1.54, 1.807) is 0 Å². The van der Waals surface area contributed by atoms with E-state index in [1.165, 1.54) is 0 Å². The van der Waals surface area contributed by atoms with Gasteiger partial charge in [0.15, 0.2) is 17.4 Å². The normalized spacial score (nSPS) is 10.7. The van der Waals surface area contributed by atoms with Crippen molar-refractivity contribution >= 4 is 0 Å². The zero-order chi connectivity index (χ0) is 13.4. The van der Waals surface area contributed by atoms with Crippen LogP contribution in [0, 0.1) is 23.3 Å². The number of phenols is 2. The summed E-state index contributed by atoms with van der Waals surface area (Å²) in [7, 11) is 0. The Bertz CT molecular complexity index is 579. The molecule has 2 aromatic carbocycles. The van der Waals surface area contributed by atoms with Gasteiger partial charge in [0.1, 0.15) is 5.75 Å². The van der Waals surface area contributed by atoms with Gasteiger partial charge in [-0.15, -0.1) is 0 Å². The highest BCUT2D eigenvalue weighted by atomic mass is 19.2. The minimum absolute atomic E-state index is 0.166. The van der Waals surface area contributed by atoms with Gasteiger partial charge < -0.3 is 10.2 Å². The number of hydrogen-bond acceptors (Lipinski definition) is 2. The van der Waals surface area contributed by atoms with Crippen LogP contribution in [0.5, 0.6) is 11.5 Å². The molecule has 0 saturated heterocycles. The Morgan fingerprint density at radius 1 is 0.667 bits per heavy atom. The molecule has 0 amide bonds. The summed E-state index contributed by atoms with van der Waals surface area (Å²) in [4.78, 5) is 0. The fraction of sp³-hybridized carbons (Fsp3) is 0. The van der Waals surface area contributed by atoms with Crippen LogP contribution in [0.1, 0.15) is 0 Å². The van der Waals surface area contributed by atoms with E-state index < -0.39 is 34.6 Å². The molecule has 0 atom stereocenters. The Hall–Kier alpha value is -2.24. The zero-order valence-electron chi connectivity index (χ0n) is 8.72. The number of rotatable bonds is 1. The molecule has 0 fully saturated rings. The average molecular weight is 258 g/mol. The molecule has 2 nitrogen and oxygen atoms in total. The van der Waals surface area contributed by atoms with Crippen molar-refractivity contribution in [3.8, 4) is 22.6 Å². The molecule has 0 spiro atoms. The summed E-state index contributed by atoms with van der Waals surface area (Å²) in [6, 6.07) is 4.40. The van der Waals surface area contributed by atoms with Crippen molar-refractivity contribution < 1.29 is 27.8 Å². The smallest absolute Gasteiger partial charge is 0.204 e. The van der Waals surface area contributed by atoms with Crippen LogP contribution in [-0.2, 0) is 0 Å². The van der Waals surface area contributed by atoms with E-state index in [4.69, 9.17) is 10.2 Å². The minimum Gasteiger partial charge on any atom is -0.508 e. The third-order valence-electron chi connectivity index (χ3n) is 2.40. The van der Waals surface area contributed by atoms with Crippen LogP contribution in [0.4, 0.5) is 17.6 Å². The molecule has 0 saturated carbocycles. The monoisotopic (exact) mass is 258 g/mol. The first-order chi connectivity index (χ1) is 8.43. The molecular formula is C12H6F4O2. The quantitative estimate of drug-likeness (QED) is 0.608. The zero-order valence-corrected chi connectivity index (χ0v) is 8.72. The molecule has 0 aliphatic carbocycles. The lowest BCUT2D eigenvalue weighted by Gasteiger charge is -2.08. The molecule has 2 N–H and O–H groups in total. The van der Waals surface area contributed by atoms with Crippen LogP contribution >= 0.6 is 0 Å². The maximum Gasteiger partial charge on any atom is 0.204 e. The molecule has 0 aliphatic heterocycles. The topological polar surface area (TPSA) is 40.5 Å². The van der Waals surface area contributed by atoms with Crippen LogP contribution in [0.2, 0.25) is 0 Å². The van der Waals surface area contributed by atoms with Crippen molar-refractivity contribution in [2.24, 2.45) is 0 Å². The predicted octanol–water partition coefficient (Wildman–Crippen LogP) is 3.32. The van der Waals surface area contributed by atoms with E-state index in [9.17, 15) is 17.6 Å². The largest absolute Gasteiger partial charge is 0.508 e. The second kappa shape index (κ2) is 4.21. The summed E-state index contributed by atoms with van der Waals surface area (Å²) < 4.78 is 53.2. The number of phenolic OH excluding ortho intramolecular Hbond substituents is 2. The summed E-state index contributed by atoms with van der Waals surface area (Å²) in [5.74, 6) is -8.99. The first-order valence-electron chi connectivity index (χ1n) is 4.77. The molecule has 0 heterocycles. The molecule has 0 radical (unpaired) electrons. The van der Waals surface area contributed by atoms with Gasteiger partial charge in [0, 0.05) is 0 Å². The summed E-state index contributed by atoms with van der Waals surface area (Å²) >= 11 is 0. The van der Waals surface area contributed by atoms with Gasteiger partial charge in [-0.25, -0.2) is 8.78 Å². The third kappa shape index (κ3) is 1.75. The van der Waals surface area contributed by atoms with Crippen LogP contribution < -0.4 is 0 Å². The second-order valence-electron chi connectivity index (χ2n) is 3.53. The summed E-state index contributed by atoms with van der Waals surface area (Å²) in [5.41, 5.74) is -1.11. The van der Waals surface area contributed by atoms with Crippen molar-refractivity contribution in [3.63, 3.8) is 0 Å². The molecule has 6 heteroatoms. The van der Waals surface area contributed by atoms with Crippen molar-refractivity contribution in [2.75, 3.05) is 0 Å². The molecule has 0 aromatic heterocycles. The number of hydrogen-bond donors (Lipinski definition) is 2. The van der Waals surface area contributed by atoms with E-state index >= 15 is 0 Å². The Morgan fingerprint density at radius 2 is 1.11 bits per heavy atom. The third-order valence-corrected chi connectivity index (χ3v) is 2.40. The van der Waals surface area contributed by atoms with Crippen LogP contribution in [-0.4, -0.2) is 10.2 Å². The Morgan fingerprint density at radius 3 is 1.56 bits per heavy atom. The van der Waals surface area contributed by atoms with Gasteiger partial charge >= 0.3 is 0 Å². The van der Waals surface area contributed by atoms with Crippen molar-refractivity contribution in [3.05, 3.63) is 47.5 Å². The van der Waals surface area contributed by atoms with E-state index in [1.807, 2.05) is 0 Å². The molecule has 94 valence electrons. The maximum atomic E-state index is 13.5. The minimum atomic E-state index is -1.86. The molecule has 18 heavy (non-hydrogen) atoms. The maximum absolute atomic E-state index is 13.5.